The lowest BCUT2D eigenvalue weighted by Gasteiger charge is -2.28. The van der Waals surface area contributed by atoms with E-state index in [-0.39, 0.29) is 0 Å². The average Bonchev–Trinajstić information content (AvgIpc) is 2.47. The van der Waals surface area contributed by atoms with Crippen LogP contribution in [0.25, 0.3) is 0 Å². The first kappa shape index (κ1) is 17.7. The van der Waals surface area contributed by atoms with Crippen LogP contribution in [0, 0.1) is 6.92 Å². The van der Waals surface area contributed by atoms with E-state index in [2.05, 4.69) is 51.9 Å². The number of aromatic nitrogens is 2. The quantitative estimate of drug-likeness (QED) is 0.741. The van der Waals surface area contributed by atoms with Gasteiger partial charge in [0.2, 0.25) is 0 Å². The van der Waals surface area contributed by atoms with E-state index in [1.165, 1.54) is 12.8 Å². The predicted octanol–water partition coefficient (Wildman–Crippen LogP) is 4.18. The Morgan fingerprint density at radius 1 is 1.10 bits per heavy atom. The van der Waals surface area contributed by atoms with Crippen LogP contribution in [0.2, 0.25) is 0 Å². The van der Waals surface area contributed by atoms with Crippen LogP contribution in [-0.4, -0.2) is 29.6 Å². The maximum Gasteiger partial charge on any atom is 0.137 e. The molecule has 0 radical (unpaired) electrons. The first-order valence-electron chi connectivity index (χ1n) is 8.39. The van der Waals surface area contributed by atoms with Gasteiger partial charge >= 0.3 is 0 Å². The van der Waals surface area contributed by atoms with Crippen molar-refractivity contribution in [2.45, 2.75) is 72.8 Å². The highest BCUT2D eigenvalue weighted by atomic mass is 15.2. The summed E-state index contributed by atoms with van der Waals surface area (Å²) in [4.78, 5) is 11.8. The number of nitrogens with zero attached hydrogens (tertiary/aromatic N) is 3. The van der Waals surface area contributed by atoms with Gasteiger partial charge in [0.15, 0.2) is 0 Å². The maximum atomic E-state index is 4.81. The van der Waals surface area contributed by atoms with Gasteiger partial charge in [0.05, 0.1) is 0 Å². The molecule has 1 heterocycles. The Hall–Kier alpha value is -1.32. The minimum absolute atomic E-state index is 0.497. The number of hydrogen-bond acceptors (Lipinski definition) is 4. The van der Waals surface area contributed by atoms with E-state index in [4.69, 9.17) is 9.97 Å². The topological polar surface area (TPSA) is 41.1 Å². The molecule has 0 saturated heterocycles. The van der Waals surface area contributed by atoms with Crippen molar-refractivity contribution in [3.05, 3.63) is 11.4 Å². The van der Waals surface area contributed by atoms with Gasteiger partial charge in [0, 0.05) is 31.6 Å². The molecule has 4 heteroatoms. The summed E-state index contributed by atoms with van der Waals surface area (Å²) in [5.74, 6) is 3.03. The average molecular weight is 292 g/mol. The molecule has 1 N–H and O–H groups in total. The molecule has 1 aromatic heterocycles. The first-order valence-corrected chi connectivity index (χ1v) is 8.39. The summed E-state index contributed by atoms with van der Waals surface area (Å²) in [6.45, 7) is 11.9. The second-order valence-corrected chi connectivity index (χ2v) is 5.86. The van der Waals surface area contributed by atoms with E-state index in [0.717, 1.165) is 48.8 Å². The summed E-state index contributed by atoms with van der Waals surface area (Å²) in [6, 6.07) is 0.497. The maximum absolute atomic E-state index is 4.81. The fraction of sp³-hybridized carbons (Fsp3) is 0.765. The van der Waals surface area contributed by atoms with Crippen LogP contribution in [0.4, 0.5) is 11.6 Å². The van der Waals surface area contributed by atoms with Gasteiger partial charge in [-0.3, -0.25) is 0 Å². The standard InChI is InChI=1S/C17H32N4/c1-7-10-13(4)21(6)17-14(5)16(18-12-9-3)19-15(20-17)11-8-2/h13H,7-12H2,1-6H3,(H,18,19,20). The van der Waals surface area contributed by atoms with Crippen LogP contribution < -0.4 is 10.2 Å². The van der Waals surface area contributed by atoms with E-state index < -0.39 is 0 Å². The largest absolute Gasteiger partial charge is 0.370 e. The van der Waals surface area contributed by atoms with Crippen LogP contribution in [-0.2, 0) is 6.42 Å². The summed E-state index contributed by atoms with van der Waals surface area (Å²) in [5, 5.41) is 3.45. The number of anilines is 2. The van der Waals surface area contributed by atoms with E-state index in [0.29, 0.717) is 6.04 Å². The highest BCUT2D eigenvalue weighted by molar-refractivity contribution is 5.58. The van der Waals surface area contributed by atoms with Gasteiger partial charge in [-0.1, -0.05) is 27.2 Å². The lowest BCUT2D eigenvalue weighted by atomic mass is 10.1. The Labute approximate surface area is 130 Å². The second-order valence-electron chi connectivity index (χ2n) is 5.86. The number of hydrogen-bond donors (Lipinski definition) is 1. The van der Waals surface area contributed by atoms with Crippen molar-refractivity contribution < 1.29 is 0 Å². The molecule has 0 aromatic carbocycles. The molecule has 21 heavy (non-hydrogen) atoms. The highest BCUT2D eigenvalue weighted by Crippen LogP contribution is 2.25. The van der Waals surface area contributed by atoms with Crippen molar-refractivity contribution >= 4 is 11.6 Å². The third kappa shape index (κ3) is 4.87. The molecule has 0 saturated carbocycles. The molecular weight excluding hydrogens is 260 g/mol. The Morgan fingerprint density at radius 2 is 1.81 bits per heavy atom. The summed E-state index contributed by atoms with van der Waals surface area (Å²) < 4.78 is 0. The van der Waals surface area contributed by atoms with Crippen LogP contribution in [0.5, 0.6) is 0 Å². The van der Waals surface area contributed by atoms with E-state index in [9.17, 15) is 0 Å². The van der Waals surface area contributed by atoms with Crippen LogP contribution >= 0.6 is 0 Å². The molecule has 120 valence electrons. The highest BCUT2D eigenvalue weighted by Gasteiger charge is 2.17. The van der Waals surface area contributed by atoms with Gasteiger partial charge in [-0.05, 0) is 33.1 Å². The molecule has 4 nitrogen and oxygen atoms in total. The molecule has 0 fully saturated rings. The number of rotatable bonds is 9. The summed E-state index contributed by atoms with van der Waals surface area (Å²) in [6.07, 6.45) is 5.48. The fourth-order valence-electron chi connectivity index (χ4n) is 2.46. The summed E-state index contributed by atoms with van der Waals surface area (Å²) in [7, 11) is 2.15. The van der Waals surface area contributed by atoms with Gasteiger partial charge < -0.3 is 10.2 Å². The molecule has 0 aliphatic rings. The Balaban J connectivity index is 3.12. The SMILES string of the molecule is CCCNc1nc(CCC)nc(N(C)C(C)CCC)c1C. The summed E-state index contributed by atoms with van der Waals surface area (Å²) in [5.41, 5.74) is 1.16. The van der Waals surface area contributed by atoms with E-state index >= 15 is 0 Å². The van der Waals surface area contributed by atoms with Crippen molar-refractivity contribution in [2.24, 2.45) is 0 Å². The molecule has 1 unspecified atom stereocenters. The Morgan fingerprint density at radius 3 is 2.38 bits per heavy atom. The molecule has 1 aromatic rings. The Bertz CT molecular complexity index is 431. The van der Waals surface area contributed by atoms with Crippen molar-refractivity contribution in [1.82, 2.24) is 9.97 Å². The lowest BCUT2D eigenvalue weighted by molar-refractivity contribution is 0.607. The van der Waals surface area contributed by atoms with Crippen molar-refractivity contribution in [2.75, 3.05) is 23.8 Å². The molecule has 1 rings (SSSR count). The number of nitrogens with one attached hydrogen (secondary N) is 1. The van der Waals surface area contributed by atoms with Gasteiger partial charge in [-0.25, -0.2) is 9.97 Å². The van der Waals surface area contributed by atoms with Gasteiger partial charge in [0.1, 0.15) is 17.5 Å². The van der Waals surface area contributed by atoms with Crippen molar-refractivity contribution in [3.8, 4) is 0 Å². The smallest absolute Gasteiger partial charge is 0.137 e. The Kier molecular flexibility index (Phi) is 7.48. The normalized spacial score (nSPS) is 12.3. The minimum Gasteiger partial charge on any atom is -0.370 e. The second kappa shape index (κ2) is 8.85. The van der Waals surface area contributed by atoms with Gasteiger partial charge in [-0.15, -0.1) is 0 Å². The monoisotopic (exact) mass is 292 g/mol. The zero-order chi connectivity index (χ0) is 15.8. The van der Waals surface area contributed by atoms with Crippen molar-refractivity contribution in [1.29, 1.82) is 0 Å². The zero-order valence-corrected chi connectivity index (χ0v) is 14.7. The molecule has 0 aliphatic heterocycles. The molecule has 0 amide bonds. The predicted molar refractivity (Wildman–Crippen MR) is 92.3 cm³/mol. The minimum atomic E-state index is 0.497. The molecule has 1 atom stereocenters. The number of aryl methyl sites for hydroxylation is 1. The zero-order valence-electron chi connectivity index (χ0n) is 14.7. The van der Waals surface area contributed by atoms with Gasteiger partial charge in [0.25, 0.3) is 0 Å². The van der Waals surface area contributed by atoms with E-state index in [1.54, 1.807) is 0 Å². The molecular formula is C17H32N4. The third-order valence-electron chi connectivity index (χ3n) is 3.88. The third-order valence-corrected chi connectivity index (χ3v) is 3.88. The van der Waals surface area contributed by atoms with Crippen LogP contribution in [0.3, 0.4) is 0 Å². The fourth-order valence-corrected chi connectivity index (χ4v) is 2.46. The molecule has 0 aliphatic carbocycles. The van der Waals surface area contributed by atoms with Crippen molar-refractivity contribution in [3.63, 3.8) is 0 Å². The van der Waals surface area contributed by atoms with Crippen LogP contribution in [0.1, 0.15) is 64.8 Å². The first-order chi connectivity index (χ1) is 10.0. The van der Waals surface area contributed by atoms with Gasteiger partial charge in [-0.2, -0.15) is 0 Å². The molecule has 0 bridgehead atoms. The van der Waals surface area contributed by atoms with Crippen LogP contribution in [0.15, 0.2) is 0 Å². The lowest BCUT2D eigenvalue weighted by Crippen LogP contribution is -2.31. The van der Waals surface area contributed by atoms with E-state index in [1.807, 2.05) is 0 Å². The summed E-state index contributed by atoms with van der Waals surface area (Å²) >= 11 is 0. The molecule has 0 spiro atoms.